The molecule has 92 valence electrons. The summed E-state index contributed by atoms with van der Waals surface area (Å²) in [5.74, 6) is -0.359. The standard InChI is InChI=1S/C10H15N5O2/c1-11-9(16)8-6-12-4-5-15(8)10(17)7-2-3-13-14-7/h2-3,8,12H,4-6H2,1H3,(H,11,16)(H,13,14). The molecule has 1 unspecified atom stereocenters. The Morgan fingerprint density at radius 3 is 3.06 bits per heavy atom. The van der Waals surface area contributed by atoms with Crippen LogP contribution in [0.25, 0.3) is 0 Å². The fourth-order valence-electron chi connectivity index (χ4n) is 1.88. The minimum atomic E-state index is -0.468. The highest BCUT2D eigenvalue weighted by Gasteiger charge is 2.32. The van der Waals surface area contributed by atoms with Crippen molar-refractivity contribution in [3.63, 3.8) is 0 Å². The highest BCUT2D eigenvalue weighted by molar-refractivity contribution is 5.96. The second-order valence-electron chi connectivity index (χ2n) is 3.80. The second-order valence-corrected chi connectivity index (χ2v) is 3.80. The smallest absolute Gasteiger partial charge is 0.272 e. The number of carbonyl (C=O) groups is 2. The molecule has 1 atom stereocenters. The predicted octanol–water partition coefficient (Wildman–Crippen LogP) is -1.43. The number of hydrogen-bond donors (Lipinski definition) is 3. The monoisotopic (exact) mass is 237 g/mol. The fraction of sp³-hybridized carbons (Fsp3) is 0.500. The van der Waals surface area contributed by atoms with Crippen molar-refractivity contribution in [1.82, 2.24) is 25.7 Å². The predicted molar refractivity (Wildman–Crippen MR) is 60.3 cm³/mol. The van der Waals surface area contributed by atoms with Crippen LogP contribution < -0.4 is 10.6 Å². The first-order valence-electron chi connectivity index (χ1n) is 5.46. The molecule has 7 heteroatoms. The lowest BCUT2D eigenvalue weighted by Gasteiger charge is -2.34. The van der Waals surface area contributed by atoms with Gasteiger partial charge in [0, 0.05) is 32.9 Å². The summed E-state index contributed by atoms with van der Waals surface area (Å²) < 4.78 is 0. The number of amides is 2. The summed E-state index contributed by atoms with van der Waals surface area (Å²) in [5.41, 5.74) is 0.404. The van der Waals surface area contributed by atoms with Gasteiger partial charge in [-0.25, -0.2) is 0 Å². The van der Waals surface area contributed by atoms with E-state index in [4.69, 9.17) is 0 Å². The molecule has 1 fully saturated rings. The van der Waals surface area contributed by atoms with Crippen molar-refractivity contribution >= 4 is 11.8 Å². The van der Waals surface area contributed by atoms with Crippen LogP contribution in [0, 0.1) is 0 Å². The highest BCUT2D eigenvalue weighted by atomic mass is 16.2. The van der Waals surface area contributed by atoms with E-state index in [-0.39, 0.29) is 11.8 Å². The maximum Gasteiger partial charge on any atom is 0.272 e. The van der Waals surface area contributed by atoms with Gasteiger partial charge in [0.2, 0.25) is 5.91 Å². The topological polar surface area (TPSA) is 90.1 Å². The summed E-state index contributed by atoms with van der Waals surface area (Å²) in [6.07, 6.45) is 1.52. The average molecular weight is 237 g/mol. The maximum atomic E-state index is 12.1. The molecule has 0 aliphatic carbocycles. The molecule has 2 amide bonds. The maximum absolute atomic E-state index is 12.1. The molecule has 0 aromatic carbocycles. The average Bonchev–Trinajstić information content (AvgIpc) is 2.91. The minimum absolute atomic E-state index is 0.162. The zero-order chi connectivity index (χ0) is 12.3. The van der Waals surface area contributed by atoms with E-state index >= 15 is 0 Å². The van der Waals surface area contributed by atoms with Crippen molar-refractivity contribution in [3.8, 4) is 0 Å². The van der Waals surface area contributed by atoms with Crippen LogP contribution in [0.4, 0.5) is 0 Å². The summed E-state index contributed by atoms with van der Waals surface area (Å²) in [5, 5.41) is 12.0. The van der Waals surface area contributed by atoms with Crippen LogP contribution in [0.15, 0.2) is 12.3 Å². The molecule has 1 aromatic heterocycles. The van der Waals surface area contributed by atoms with Gasteiger partial charge >= 0.3 is 0 Å². The van der Waals surface area contributed by atoms with Gasteiger partial charge in [0.25, 0.3) is 5.91 Å². The van der Waals surface area contributed by atoms with E-state index in [2.05, 4.69) is 20.8 Å². The van der Waals surface area contributed by atoms with Crippen molar-refractivity contribution in [3.05, 3.63) is 18.0 Å². The molecular weight excluding hydrogens is 222 g/mol. The van der Waals surface area contributed by atoms with Gasteiger partial charge < -0.3 is 15.5 Å². The number of rotatable bonds is 2. The van der Waals surface area contributed by atoms with E-state index in [1.807, 2.05) is 0 Å². The van der Waals surface area contributed by atoms with Gasteiger partial charge in [-0.05, 0) is 6.07 Å². The Bertz CT molecular complexity index is 403. The van der Waals surface area contributed by atoms with Gasteiger partial charge in [0.05, 0.1) is 0 Å². The third kappa shape index (κ3) is 2.28. The molecule has 3 N–H and O–H groups in total. The molecule has 1 aliphatic rings. The van der Waals surface area contributed by atoms with E-state index in [9.17, 15) is 9.59 Å². The van der Waals surface area contributed by atoms with Crippen molar-refractivity contribution in [2.75, 3.05) is 26.7 Å². The molecule has 1 aromatic rings. The lowest BCUT2D eigenvalue weighted by molar-refractivity contribution is -0.125. The molecule has 1 aliphatic heterocycles. The summed E-state index contributed by atoms with van der Waals surface area (Å²) in [6, 6.07) is 1.13. The number of carbonyl (C=O) groups excluding carboxylic acids is 2. The van der Waals surface area contributed by atoms with Gasteiger partial charge in [-0.2, -0.15) is 5.10 Å². The molecule has 17 heavy (non-hydrogen) atoms. The Morgan fingerprint density at radius 1 is 1.59 bits per heavy atom. The fourth-order valence-corrected chi connectivity index (χ4v) is 1.88. The first-order chi connectivity index (χ1) is 8.24. The van der Waals surface area contributed by atoms with Crippen molar-refractivity contribution in [1.29, 1.82) is 0 Å². The minimum Gasteiger partial charge on any atom is -0.357 e. The van der Waals surface area contributed by atoms with Crippen LogP contribution in [0.5, 0.6) is 0 Å². The molecule has 7 nitrogen and oxygen atoms in total. The van der Waals surface area contributed by atoms with E-state index in [1.54, 1.807) is 18.0 Å². The van der Waals surface area contributed by atoms with Crippen molar-refractivity contribution in [2.45, 2.75) is 6.04 Å². The van der Waals surface area contributed by atoms with E-state index < -0.39 is 6.04 Å². The largest absolute Gasteiger partial charge is 0.357 e. The highest BCUT2D eigenvalue weighted by Crippen LogP contribution is 2.08. The Labute approximate surface area is 98.6 Å². The van der Waals surface area contributed by atoms with Gasteiger partial charge in [-0.3, -0.25) is 14.7 Å². The molecular formula is C10H15N5O2. The Balaban J connectivity index is 2.16. The third-order valence-corrected chi connectivity index (χ3v) is 2.78. The number of nitrogens with zero attached hydrogens (tertiary/aromatic N) is 2. The van der Waals surface area contributed by atoms with Gasteiger partial charge in [-0.1, -0.05) is 0 Å². The number of nitrogens with one attached hydrogen (secondary N) is 3. The number of H-pyrrole nitrogens is 1. The lowest BCUT2D eigenvalue weighted by Crippen LogP contribution is -2.59. The molecule has 2 heterocycles. The molecule has 0 bridgehead atoms. The second kappa shape index (κ2) is 4.96. The zero-order valence-corrected chi connectivity index (χ0v) is 9.56. The Kier molecular flexibility index (Phi) is 3.38. The quantitative estimate of drug-likeness (QED) is 0.588. The number of hydrogen-bond acceptors (Lipinski definition) is 4. The molecule has 0 radical (unpaired) electrons. The lowest BCUT2D eigenvalue weighted by atomic mass is 10.1. The number of likely N-dealkylation sites (N-methyl/N-ethyl adjacent to an activating group) is 1. The van der Waals surface area contributed by atoms with Crippen LogP contribution in [0.2, 0.25) is 0 Å². The summed E-state index contributed by atoms with van der Waals surface area (Å²) in [6.45, 7) is 1.67. The molecule has 1 saturated heterocycles. The Morgan fingerprint density at radius 2 is 2.41 bits per heavy atom. The summed E-state index contributed by atoms with van der Waals surface area (Å²) in [7, 11) is 1.57. The summed E-state index contributed by atoms with van der Waals surface area (Å²) >= 11 is 0. The van der Waals surface area contributed by atoms with Gasteiger partial charge in [0.1, 0.15) is 11.7 Å². The molecule has 2 rings (SSSR count). The first kappa shape index (κ1) is 11.6. The van der Waals surface area contributed by atoms with Gasteiger partial charge in [-0.15, -0.1) is 0 Å². The normalized spacial score (nSPS) is 20.1. The van der Waals surface area contributed by atoms with Crippen molar-refractivity contribution in [2.24, 2.45) is 0 Å². The van der Waals surface area contributed by atoms with Crippen LogP contribution in [-0.2, 0) is 4.79 Å². The van der Waals surface area contributed by atoms with E-state index in [0.717, 1.165) is 0 Å². The summed E-state index contributed by atoms with van der Waals surface area (Å²) in [4.78, 5) is 25.4. The zero-order valence-electron chi connectivity index (χ0n) is 9.56. The van der Waals surface area contributed by atoms with Crippen LogP contribution in [0.1, 0.15) is 10.5 Å². The molecule has 0 saturated carbocycles. The van der Waals surface area contributed by atoms with E-state index in [1.165, 1.54) is 6.20 Å². The number of aromatic nitrogens is 2. The van der Waals surface area contributed by atoms with Crippen LogP contribution >= 0.6 is 0 Å². The van der Waals surface area contributed by atoms with Crippen molar-refractivity contribution < 1.29 is 9.59 Å². The van der Waals surface area contributed by atoms with E-state index in [0.29, 0.717) is 25.3 Å². The first-order valence-corrected chi connectivity index (χ1v) is 5.46. The molecule has 0 spiro atoms. The van der Waals surface area contributed by atoms with Gasteiger partial charge in [0.15, 0.2) is 0 Å². The Hall–Kier alpha value is -1.89. The van der Waals surface area contributed by atoms with Crippen LogP contribution in [0.3, 0.4) is 0 Å². The number of piperazine rings is 1. The SMILES string of the molecule is CNC(=O)C1CNCCN1C(=O)c1ccn[nH]1. The number of aromatic amines is 1. The third-order valence-electron chi connectivity index (χ3n) is 2.78. The van der Waals surface area contributed by atoms with Crippen LogP contribution in [-0.4, -0.2) is 59.6 Å².